The Bertz CT molecular complexity index is 413. The smallest absolute Gasteiger partial charge is 0.0354 e. The summed E-state index contributed by atoms with van der Waals surface area (Å²) in [5.41, 5.74) is 6.91. The maximum absolute atomic E-state index is 6.23. The van der Waals surface area contributed by atoms with Gasteiger partial charge in [0.05, 0.1) is 0 Å². The second-order valence-electron chi connectivity index (χ2n) is 7.33. The Morgan fingerprint density at radius 2 is 2.15 bits per heavy atom. The lowest BCUT2D eigenvalue weighted by atomic mass is 9.63. The Morgan fingerprint density at radius 3 is 2.70 bits per heavy atom. The van der Waals surface area contributed by atoms with Gasteiger partial charge in [0.1, 0.15) is 0 Å². The molecule has 1 aromatic heterocycles. The van der Waals surface area contributed by atoms with Crippen molar-refractivity contribution in [2.24, 2.45) is 17.1 Å². The van der Waals surface area contributed by atoms with Gasteiger partial charge in [-0.2, -0.15) is 0 Å². The Balaban J connectivity index is 2.02. The third kappa shape index (κ3) is 3.26. The van der Waals surface area contributed by atoms with Crippen molar-refractivity contribution in [1.82, 2.24) is 4.90 Å². The number of likely N-dealkylation sites (N-methyl/N-ethyl adjacent to an activating group) is 1. The van der Waals surface area contributed by atoms with Crippen molar-refractivity contribution < 1.29 is 0 Å². The van der Waals surface area contributed by atoms with Gasteiger partial charge in [-0.1, -0.05) is 26.8 Å². The zero-order valence-corrected chi connectivity index (χ0v) is 14.3. The SMILES string of the molecule is CC1CC(C)(C)CCC1(CN)N(C)CCc1cccs1. The van der Waals surface area contributed by atoms with Crippen molar-refractivity contribution in [3.8, 4) is 0 Å². The number of hydrogen-bond acceptors (Lipinski definition) is 3. The van der Waals surface area contributed by atoms with Crippen molar-refractivity contribution in [2.45, 2.75) is 52.0 Å². The van der Waals surface area contributed by atoms with E-state index in [0.717, 1.165) is 19.5 Å². The van der Waals surface area contributed by atoms with Crippen molar-refractivity contribution in [2.75, 3.05) is 20.1 Å². The second-order valence-corrected chi connectivity index (χ2v) is 8.36. The van der Waals surface area contributed by atoms with Crippen LogP contribution in [-0.2, 0) is 6.42 Å². The molecule has 1 heterocycles. The number of thiophene rings is 1. The number of hydrogen-bond donors (Lipinski definition) is 1. The van der Waals surface area contributed by atoms with Gasteiger partial charge in [-0.3, -0.25) is 4.90 Å². The quantitative estimate of drug-likeness (QED) is 0.896. The molecule has 114 valence electrons. The molecule has 1 saturated carbocycles. The van der Waals surface area contributed by atoms with Crippen LogP contribution in [0.4, 0.5) is 0 Å². The van der Waals surface area contributed by atoms with Gasteiger partial charge < -0.3 is 5.73 Å². The molecular formula is C17H30N2S. The molecule has 0 radical (unpaired) electrons. The van der Waals surface area contributed by atoms with Gasteiger partial charge in [0.25, 0.3) is 0 Å². The highest BCUT2D eigenvalue weighted by molar-refractivity contribution is 7.09. The van der Waals surface area contributed by atoms with Gasteiger partial charge in [-0.05, 0) is 55.5 Å². The van der Waals surface area contributed by atoms with E-state index in [1.54, 1.807) is 0 Å². The highest BCUT2D eigenvalue weighted by Gasteiger charge is 2.45. The molecule has 0 aromatic carbocycles. The first kappa shape index (κ1) is 16.0. The van der Waals surface area contributed by atoms with Gasteiger partial charge in [-0.15, -0.1) is 11.3 Å². The molecule has 2 unspecified atom stereocenters. The van der Waals surface area contributed by atoms with Gasteiger partial charge in [0, 0.05) is 23.5 Å². The fourth-order valence-electron chi connectivity index (χ4n) is 3.90. The van der Waals surface area contributed by atoms with Crippen LogP contribution in [-0.4, -0.2) is 30.6 Å². The topological polar surface area (TPSA) is 29.3 Å². The predicted molar refractivity (Wildman–Crippen MR) is 89.2 cm³/mol. The third-order valence-corrected chi connectivity index (χ3v) is 6.33. The summed E-state index contributed by atoms with van der Waals surface area (Å²) in [6, 6.07) is 4.38. The summed E-state index contributed by atoms with van der Waals surface area (Å²) in [5, 5.41) is 2.17. The van der Waals surface area contributed by atoms with Crippen molar-refractivity contribution >= 4 is 11.3 Å². The van der Waals surface area contributed by atoms with Crippen molar-refractivity contribution in [3.05, 3.63) is 22.4 Å². The molecule has 0 spiro atoms. The maximum atomic E-state index is 6.23. The first-order valence-corrected chi connectivity index (χ1v) is 8.71. The molecule has 1 fully saturated rings. The first-order chi connectivity index (χ1) is 9.39. The predicted octanol–water partition coefficient (Wildman–Crippen LogP) is 3.77. The minimum atomic E-state index is 0.201. The molecule has 0 saturated heterocycles. The highest BCUT2D eigenvalue weighted by Crippen LogP contribution is 2.45. The standard InChI is InChI=1S/C17H30N2S/c1-14-12-16(2,3)8-9-17(14,13-18)19(4)10-7-15-6-5-11-20-15/h5-6,11,14H,7-10,12-13,18H2,1-4H3. The Hall–Kier alpha value is -0.380. The Labute approximate surface area is 128 Å². The average molecular weight is 295 g/mol. The molecule has 0 amide bonds. The lowest BCUT2D eigenvalue weighted by Crippen LogP contribution is -2.60. The lowest BCUT2D eigenvalue weighted by molar-refractivity contribution is -0.00640. The maximum Gasteiger partial charge on any atom is 0.0354 e. The molecule has 2 nitrogen and oxygen atoms in total. The van der Waals surface area contributed by atoms with Crippen molar-refractivity contribution in [1.29, 1.82) is 0 Å². The largest absolute Gasteiger partial charge is 0.329 e. The van der Waals surface area contributed by atoms with Gasteiger partial charge >= 0.3 is 0 Å². The molecule has 2 atom stereocenters. The number of rotatable bonds is 5. The molecule has 3 heteroatoms. The fraction of sp³-hybridized carbons (Fsp3) is 0.765. The normalized spacial score (nSPS) is 29.8. The zero-order valence-electron chi connectivity index (χ0n) is 13.5. The van der Waals surface area contributed by atoms with E-state index in [-0.39, 0.29) is 5.54 Å². The zero-order chi connectivity index (χ0) is 14.8. The van der Waals surface area contributed by atoms with Crippen LogP contribution in [0.1, 0.15) is 44.9 Å². The Morgan fingerprint density at radius 1 is 1.40 bits per heavy atom. The summed E-state index contributed by atoms with van der Waals surface area (Å²) in [6.45, 7) is 9.09. The molecule has 1 aromatic rings. The van der Waals surface area contributed by atoms with Crippen LogP contribution in [0.25, 0.3) is 0 Å². The van der Waals surface area contributed by atoms with Crippen LogP contribution in [0.15, 0.2) is 17.5 Å². The minimum Gasteiger partial charge on any atom is -0.329 e. The molecule has 2 rings (SSSR count). The van der Waals surface area contributed by atoms with E-state index in [1.807, 2.05) is 11.3 Å². The van der Waals surface area contributed by atoms with E-state index in [0.29, 0.717) is 11.3 Å². The summed E-state index contributed by atoms with van der Waals surface area (Å²) >= 11 is 1.86. The first-order valence-electron chi connectivity index (χ1n) is 7.83. The van der Waals surface area contributed by atoms with E-state index < -0.39 is 0 Å². The molecule has 0 bridgehead atoms. The van der Waals surface area contributed by atoms with E-state index in [1.165, 1.54) is 24.1 Å². The summed E-state index contributed by atoms with van der Waals surface area (Å²) in [7, 11) is 2.27. The van der Waals surface area contributed by atoms with Gasteiger partial charge in [0.15, 0.2) is 0 Å². The fourth-order valence-corrected chi connectivity index (χ4v) is 4.60. The van der Waals surface area contributed by atoms with E-state index in [4.69, 9.17) is 5.73 Å². The summed E-state index contributed by atoms with van der Waals surface area (Å²) < 4.78 is 0. The lowest BCUT2D eigenvalue weighted by Gasteiger charge is -2.52. The summed E-state index contributed by atoms with van der Waals surface area (Å²) in [6.07, 6.45) is 4.95. The van der Waals surface area contributed by atoms with Crippen LogP contribution in [0, 0.1) is 11.3 Å². The molecule has 2 N–H and O–H groups in total. The molecule has 1 aliphatic carbocycles. The third-order valence-electron chi connectivity index (χ3n) is 5.40. The average Bonchev–Trinajstić information content (AvgIpc) is 2.89. The van der Waals surface area contributed by atoms with Crippen LogP contribution in [0.3, 0.4) is 0 Å². The van der Waals surface area contributed by atoms with E-state index >= 15 is 0 Å². The minimum absolute atomic E-state index is 0.201. The monoisotopic (exact) mass is 294 g/mol. The summed E-state index contributed by atoms with van der Waals surface area (Å²) in [5.74, 6) is 0.671. The summed E-state index contributed by atoms with van der Waals surface area (Å²) in [4.78, 5) is 4.03. The van der Waals surface area contributed by atoms with E-state index in [9.17, 15) is 0 Å². The molecular weight excluding hydrogens is 264 g/mol. The van der Waals surface area contributed by atoms with Crippen LogP contribution in [0.5, 0.6) is 0 Å². The second kappa shape index (κ2) is 6.17. The highest BCUT2D eigenvalue weighted by atomic mass is 32.1. The molecule has 0 aliphatic heterocycles. The number of nitrogens with zero attached hydrogens (tertiary/aromatic N) is 1. The Kier molecular flexibility index (Phi) is 4.93. The van der Waals surface area contributed by atoms with Gasteiger partial charge in [0.2, 0.25) is 0 Å². The van der Waals surface area contributed by atoms with E-state index in [2.05, 4.69) is 50.2 Å². The van der Waals surface area contributed by atoms with Crippen LogP contribution >= 0.6 is 11.3 Å². The van der Waals surface area contributed by atoms with Crippen molar-refractivity contribution in [3.63, 3.8) is 0 Å². The van der Waals surface area contributed by atoms with Crippen LogP contribution < -0.4 is 5.73 Å². The van der Waals surface area contributed by atoms with Crippen LogP contribution in [0.2, 0.25) is 0 Å². The molecule has 1 aliphatic rings. The molecule has 20 heavy (non-hydrogen) atoms. The number of nitrogens with two attached hydrogens (primary N) is 1. The van der Waals surface area contributed by atoms with Gasteiger partial charge in [-0.25, -0.2) is 0 Å².